The Bertz CT molecular complexity index is 114. The van der Waals surface area contributed by atoms with Crippen LogP contribution in [0.25, 0.3) is 0 Å². The number of carboxylic acids is 2. The van der Waals surface area contributed by atoms with Crippen LogP contribution in [0, 0.1) is 0 Å². The van der Waals surface area contributed by atoms with Gasteiger partial charge in [-0.2, -0.15) is 0 Å². The second kappa shape index (κ2) is 17.4. The van der Waals surface area contributed by atoms with E-state index in [0.29, 0.717) is 0 Å². The van der Waals surface area contributed by atoms with Crippen molar-refractivity contribution in [1.82, 2.24) is 0 Å². The minimum atomic E-state index is -1.08. The van der Waals surface area contributed by atoms with Gasteiger partial charge in [-0.15, -0.1) is 0 Å². The third-order valence-corrected chi connectivity index (χ3v) is 0. The summed E-state index contributed by atoms with van der Waals surface area (Å²) < 4.78 is 0. The summed E-state index contributed by atoms with van der Waals surface area (Å²) in [6, 6.07) is 0. The van der Waals surface area contributed by atoms with Gasteiger partial charge < -0.3 is 24.6 Å². The van der Waals surface area contributed by atoms with Gasteiger partial charge in [0.25, 0.3) is 0 Å². The van der Waals surface area contributed by atoms with Crippen LogP contribution in [0.1, 0.15) is 27.7 Å². The number of carboxylic acid groups (broad SMARTS) is 2. The molecule has 0 heterocycles. The molecule has 0 spiro atoms. The number of hydrogen-bond donors (Lipinski definition) is 0. The van der Waals surface area contributed by atoms with Crippen LogP contribution >= 0.6 is 0 Å². The second-order valence-corrected chi connectivity index (χ2v) is 1.89. The van der Waals surface area contributed by atoms with Crippen molar-refractivity contribution < 1.29 is 45.0 Å². The van der Waals surface area contributed by atoms with Crippen LogP contribution in [0.5, 0.6) is 0 Å². The Morgan fingerprint density at radius 3 is 0.769 bits per heavy atom. The van der Waals surface area contributed by atoms with Crippen LogP contribution in [-0.4, -0.2) is 17.7 Å². The van der Waals surface area contributed by atoms with E-state index >= 15 is 0 Å². The number of carbonyl (C=O) groups is 3. The number of aliphatic carboxylic acids is 2. The molecule has 0 amide bonds. The van der Waals surface area contributed by atoms with Crippen molar-refractivity contribution >= 4 is 17.7 Å². The normalized spacial score (nSPS) is 5.85. The van der Waals surface area contributed by atoms with Gasteiger partial charge in [0.1, 0.15) is 5.78 Å². The van der Waals surface area contributed by atoms with Crippen LogP contribution < -0.4 is 10.2 Å². The monoisotopic (exact) mass is 282 g/mol. The van der Waals surface area contributed by atoms with Gasteiger partial charge in [-0.1, -0.05) is 0 Å². The van der Waals surface area contributed by atoms with E-state index in [1.54, 1.807) is 0 Å². The molecule has 0 bridgehead atoms. The summed E-state index contributed by atoms with van der Waals surface area (Å²) >= 11 is 0. The number of hydrogen-bond acceptors (Lipinski definition) is 5. The molecular formula is C7H12O5Pd. The first-order chi connectivity index (χ1) is 5.20. The minimum Gasteiger partial charge on any atom is -0.550 e. The Hall–Kier alpha value is -0.728. The largest absolute Gasteiger partial charge is 2.00 e. The first-order valence-electron chi connectivity index (χ1n) is 3.02. The molecule has 0 aliphatic heterocycles. The number of carbonyl (C=O) groups excluding carboxylic acids is 3. The van der Waals surface area contributed by atoms with E-state index < -0.39 is 11.9 Å². The van der Waals surface area contributed by atoms with Crippen molar-refractivity contribution in [3.8, 4) is 0 Å². The maximum Gasteiger partial charge on any atom is 2.00 e. The fourth-order valence-corrected chi connectivity index (χ4v) is 0. The topological polar surface area (TPSA) is 97.3 Å². The Kier molecular flexibility index (Phi) is 30.5. The molecule has 0 fully saturated rings. The van der Waals surface area contributed by atoms with Crippen LogP contribution in [0.4, 0.5) is 0 Å². The molecule has 5 nitrogen and oxygen atoms in total. The number of ketones is 1. The van der Waals surface area contributed by atoms with Gasteiger partial charge in [-0.05, 0) is 27.7 Å². The number of Topliss-reactive ketones (excluding diaryl/α,β-unsaturated/α-hetero) is 1. The fourth-order valence-electron chi connectivity index (χ4n) is 0. The molecule has 0 unspecified atom stereocenters. The average molecular weight is 283 g/mol. The molecule has 0 aromatic rings. The molecule has 0 saturated carbocycles. The first-order valence-corrected chi connectivity index (χ1v) is 3.02. The average Bonchev–Trinajstić information content (AvgIpc) is 1.54. The molecular weight excluding hydrogens is 270 g/mol. The first kappa shape index (κ1) is 22.8. The summed E-state index contributed by atoms with van der Waals surface area (Å²) in [5.74, 6) is -2.00. The molecule has 6 heteroatoms. The molecule has 0 aromatic carbocycles. The third kappa shape index (κ3) is 1830. The summed E-state index contributed by atoms with van der Waals surface area (Å²) in [5, 5.41) is 17.8. The zero-order valence-corrected chi connectivity index (χ0v) is 9.41. The maximum atomic E-state index is 9.44. The molecule has 0 N–H and O–H groups in total. The van der Waals surface area contributed by atoms with Crippen LogP contribution in [0.15, 0.2) is 0 Å². The van der Waals surface area contributed by atoms with E-state index in [2.05, 4.69) is 0 Å². The van der Waals surface area contributed by atoms with Gasteiger partial charge in [0, 0.05) is 11.9 Å². The predicted octanol–water partition coefficient (Wildman–Crippen LogP) is -1.89. The van der Waals surface area contributed by atoms with Crippen molar-refractivity contribution in [2.75, 3.05) is 0 Å². The van der Waals surface area contributed by atoms with E-state index in [-0.39, 0.29) is 26.2 Å². The SMILES string of the molecule is CC(=O)[O-].CC(=O)[O-].CC(C)=O.[Pd+2]. The van der Waals surface area contributed by atoms with Gasteiger partial charge in [0.2, 0.25) is 0 Å². The van der Waals surface area contributed by atoms with E-state index in [9.17, 15) is 4.79 Å². The Morgan fingerprint density at radius 2 is 0.769 bits per heavy atom. The molecule has 80 valence electrons. The van der Waals surface area contributed by atoms with E-state index in [1.165, 1.54) is 13.8 Å². The quantitative estimate of drug-likeness (QED) is 0.484. The summed E-state index contributed by atoms with van der Waals surface area (Å²) in [6.45, 7) is 5.00. The third-order valence-electron chi connectivity index (χ3n) is 0. The van der Waals surface area contributed by atoms with E-state index in [0.717, 1.165) is 13.8 Å². The smallest absolute Gasteiger partial charge is 0.550 e. The molecule has 13 heavy (non-hydrogen) atoms. The predicted molar refractivity (Wildman–Crippen MR) is 37.7 cm³/mol. The fraction of sp³-hybridized carbons (Fsp3) is 0.571. The zero-order chi connectivity index (χ0) is 10.7. The molecule has 0 saturated heterocycles. The van der Waals surface area contributed by atoms with Crippen molar-refractivity contribution in [3.05, 3.63) is 0 Å². The maximum absolute atomic E-state index is 9.44. The zero-order valence-electron chi connectivity index (χ0n) is 7.86. The van der Waals surface area contributed by atoms with Gasteiger partial charge in [0.15, 0.2) is 0 Å². The summed E-state index contributed by atoms with van der Waals surface area (Å²) in [6.07, 6.45) is 0. The second-order valence-electron chi connectivity index (χ2n) is 1.89. The van der Waals surface area contributed by atoms with Crippen molar-refractivity contribution in [1.29, 1.82) is 0 Å². The van der Waals surface area contributed by atoms with Crippen molar-refractivity contribution in [2.24, 2.45) is 0 Å². The standard InChI is InChI=1S/C3H6O.2C2H4O2.Pd/c1-3(2)4;2*1-2(3)4;/h1-2H3;2*1H3,(H,3,4);/q;;;+2/p-2. The molecule has 0 aliphatic rings. The molecule has 0 atom stereocenters. The van der Waals surface area contributed by atoms with E-state index in [4.69, 9.17) is 19.8 Å². The van der Waals surface area contributed by atoms with Crippen molar-refractivity contribution in [2.45, 2.75) is 27.7 Å². The summed E-state index contributed by atoms with van der Waals surface area (Å²) in [4.78, 5) is 27.2. The summed E-state index contributed by atoms with van der Waals surface area (Å²) in [7, 11) is 0. The molecule has 0 rings (SSSR count). The number of rotatable bonds is 0. The van der Waals surface area contributed by atoms with Crippen molar-refractivity contribution in [3.63, 3.8) is 0 Å². The van der Waals surface area contributed by atoms with Crippen LogP contribution in [0.3, 0.4) is 0 Å². The van der Waals surface area contributed by atoms with Crippen LogP contribution in [0.2, 0.25) is 0 Å². The Morgan fingerprint density at radius 1 is 0.769 bits per heavy atom. The minimum absolute atomic E-state index is 0. The molecule has 0 radical (unpaired) electrons. The Balaban J connectivity index is -0.0000000450. The van der Waals surface area contributed by atoms with E-state index in [1.807, 2.05) is 0 Å². The molecule has 0 aliphatic carbocycles. The summed E-state index contributed by atoms with van der Waals surface area (Å²) in [5.41, 5.74) is 0. The van der Waals surface area contributed by atoms with Gasteiger partial charge in [0.05, 0.1) is 0 Å². The van der Waals surface area contributed by atoms with Gasteiger partial charge in [-0.25, -0.2) is 0 Å². The molecule has 0 aromatic heterocycles. The Labute approximate surface area is 90.8 Å². The van der Waals surface area contributed by atoms with Gasteiger partial charge in [-0.3, -0.25) is 0 Å². The van der Waals surface area contributed by atoms with Gasteiger partial charge >= 0.3 is 20.4 Å². The van der Waals surface area contributed by atoms with Crippen LogP contribution in [-0.2, 0) is 34.8 Å².